The lowest BCUT2D eigenvalue weighted by molar-refractivity contribution is -0.0431. The maximum atomic E-state index is 2.49. The molecule has 1 fully saturated rings. The van der Waals surface area contributed by atoms with Gasteiger partial charge in [-0.05, 0) is 41.9 Å². The van der Waals surface area contributed by atoms with Crippen molar-refractivity contribution < 1.29 is 0 Å². The molecule has 1 rings (SSSR count). The third-order valence-corrected chi connectivity index (χ3v) is 4.98. The fraction of sp³-hybridized carbons (Fsp3) is 1.00. The van der Waals surface area contributed by atoms with Gasteiger partial charge >= 0.3 is 0 Å². The van der Waals surface area contributed by atoms with Crippen molar-refractivity contribution in [2.45, 2.75) is 60.8 Å². The van der Waals surface area contributed by atoms with Crippen LogP contribution in [0.15, 0.2) is 0 Å². The molecule has 0 radical (unpaired) electrons. The van der Waals surface area contributed by atoms with E-state index < -0.39 is 0 Å². The molecule has 78 valence electrons. The quantitative estimate of drug-likeness (QED) is 0.560. The number of rotatable bonds is 1. The van der Waals surface area contributed by atoms with E-state index in [9.17, 15) is 0 Å². The van der Waals surface area contributed by atoms with Crippen LogP contribution in [0.4, 0.5) is 0 Å². The van der Waals surface area contributed by atoms with Crippen LogP contribution in [-0.4, -0.2) is 0 Å². The molecule has 0 heteroatoms. The minimum Gasteiger partial charge on any atom is -0.0648 e. The fourth-order valence-electron chi connectivity index (χ4n) is 3.55. The summed E-state index contributed by atoms with van der Waals surface area (Å²) in [5.41, 5.74) is 1.08. The fourth-order valence-corrected chi connectivity index (χ4v) is 3.55. The molecular weight excluding hydrogens is 156 g/mol. The van der Waals surface area contributed by atoms with Gasteiger partial charge in [0, 0.05) is 0 Å². The first kappa shape index (κ1) is 11.1. The van der Waals surface area contributed by atoms with E-state index in [1.165, 1.54) is 19.3 Å². The molecule has 0 aliphatic heterocycles. The zero-order chi connectivity index (χ0) is 10.3. The molecule has 0 aromatic rings. The van der Waals surface area contributed by atoms with E-state index in [1.54, 1.807) is 0 Å². The Morgan fingerprint density at radius 3 is 2.08 bits per heavy atom. The third-order valence-electron chi connectivity index (χ3n) is 4.98. The van der Waals surface area contributed by atoms with Crippen molar-refractivity contribution in [3.8, 4) is 0 Å². The highest BCUT2D eigenvalue weighted by Crippen LogP contribution is 2.56. The van der Waals surface area contributed by atoms with Crippen LogP contribution in [0.5, 0.6) is 0 Å². The van der Waals surface area contributed by atoms with E-state index in [4.69, 9.17) is 0 Å². The molecule has 0 N–H and O–H groups in total. The second-order valence-corrected chi connectivity index (χ2v) is 6.10. The highest BCUT2D eigenvalue weighted by atomic mass is 14.5. The van der Waals surface area contributed by atoms with Gasteiger partial charge in [0.15, 0.2) is 0 Å². The Labute approximate surface area is 84.1 Å². The normalized spacial score (nSPS) is 44.8. The largest absolute Gasteiger partial charge is 0.0648 e. The van der Waals surface area contributed by atoms with Crippen molar-refractivity contribution in [2.24, 2.45) is 22.7 Å². The van der Waals surface area contributed by atoms with E-state index in [-0.39, 0.29) is 0 Å². The summed E-state index contributed by atoms with van der Waals surface area (Å²) in [7, 11) is 0. The topological polar surface area (TPSA) is 0 Å². The van der Waals surface area contributed by atoms with E-state index in [2.05, 4.69) is 41.5 Å². The molecule has 0 bridgehead atoms. The molecule has 0 heterocycles. The highest BCUT2D eigenvalue weighted by Gasteiger charge is 2.47. The Morgan fingerprint density at radius 2 is 1.69 bits per heavy atom. The van der Waals surface area contributed by atoms with Crippen molar-refractivity contribution in [3.05, 3.63) is 0 Å². The summed E-state index contributed by atoms with van der Waals surface area (Å²) in [4.78, 5) is 0. The van der Waals surface area contributed by atoms with E-state index in [1.807, 2.05) is 0 Å². The Bertz CT molecular complexity index is 180. The Hall–Kier alpha value is 0. The van der Waals surface area contributed by atoms with Gasteiger partial charge in [0.1, 0.15) is 0 Å². The molecule has 3 atom stereocenters. The van der Waals surface area contributed by atoms with Gasteiger partial charge in [0.25, 0.3) is 0 Å². The van der Waals surface area contributed by atoms with Gasteiger partial charge < -0.3 is 0 Å². The monoisotopic (exact) mass is 182 g/mol. The Kier molecular flexibility index (Phi) is 2.81. The second kappa shape index (κ2) is 3.29. The van der Waals surface area contributed by atoms with Crippen LogP contribution in [0, 0.1) is 22.7 Å². The van der Waals surface area contributed by atoms with Crippen LogP contribution >= 0.6 is 0 Å². The lowest BCUT2D eigenvalue weighted by atomic mass is 9.51. The average molecular weight is 182 g/mol. The molecule has 0 aromatic carbocycles. The first-order chi connectivity index (χ1) is 5.83. The van der Waals surface area contributed by atoms with Crippen LogP contribution in [-0.2, 0) is 0 Å². The molecule has 1 aliphatic carbocycles. The lowest BCUT2D eigenvalue weighted by Gasteiger charge is -2.54. The van der Waals surface area contributed by atoms with Gasteiger partial charge in [-0.3, -0.25) is 0 Å². The van der Waals surface area contributed by atoms with Gasteiger partial charge in [-0.2, -0.15) is 0 Å². The second-order valence-electron chi connectivity index (χ2n) is 6.10. The summed E-state index contributed by atoms with van der Waals surface area (Å²) in [6.07, 6.45) is 4.16. The standard InChI is InChI=1S/C13H26/c1-7-13(6)11(3)8-10(2)9-12(13,4)5/h10-11H,7-9H2,1-6H3. The average Bonchev–Trinajstić information content (AvgIpc) is 1.98. The molecule has 1 saturated carbocycles. The van der Waals surface area contributed by atoms with Gasteiger partial charge in [-0.25, -0.2) is 0 Å². The summed E-state index contributed by atoms with van der Waals surface area (Å²) < 4.78 is 0. The summed E-state index contributed by atoms with van der Waals surface area (Å²) in [5, 5.41) is 0. The predicted octanol–water partition coefficient (Wildman–Crippen LogP) is 4.49. The van der Waals surface area contributed by atoms with Crippen molar-refractivity contribution in [1.82, 2.24) is 0 Å². The summed E-state index contributed by atoms with van der Waals surface area (Å²) in [6.45, 7) is 14.6. The summed E-state index contributed by atoms with van der Waals surface area (Å²) in [6, 6.07) is 0. The molecule has 0 spiro atoms. The van der Waals surface area contributed by atoms with Crippen molar-refractivity contribution in [2.75, 3.05) is 0 Å². The van der Waals surface area contributed by atoms with Crippen LogP contribution in [0.2, 0.25) is 0 Å². The zero-order valence-corrected chi connectivity index (χ0v) is 10.3. The number of hydrogen-bond acceptors (Lipinski definition) is 0. The molecule has 3 unspecified atom stereocenters. The number of hydrogen-bond donors (Lipinski definition) is 0. The molecule has 0 aromatic heterocycles. The van der Waals surface area contributed by atoms with E-state index in [0.29, 0.717) is 10.8 Å². The van der Waals surface area contributed by atoms with E-state index in [0.717, 1.165) is 11.8 Å². The molecule has 0 nitrogen and oxygen atoms in total. The van der Waals surface area contributed by atoms with Gasteiger partial charge in [0.2, 0.25) is 0 Å². The van der Waals surface area contributed by atoms with Crippen LogP contribution in [0.1, 0.15) is 60.8 Å². The van der Waals surface area contributed by atoms with Gasteiger partial charge in [-0.15, -0.1) is 0 Å². The first-order valence-corrected chi connectivity index (χ1v) is 5.83. The summed E-state index contributed by atoms with van der Waals surface area (Å²) in [5.74, 6) is 1.81. The molecule has 1 aliphatic rings. The van der Waals surface area contributed by atoms with Crippen molar-refractivity contribution in [1.29, 1.82) is 0 Å². The van der Waals surface area contributed by atoms with Gasteiger partial charge in [-0.1, -0.05) is 41.5 Å². The smallest absolute Gasteiger partial charge is 0.0251 e. The van der Waals surface area contributed by atoms with Crippen LogP contribution in [0.25, 0.3) is 0 Å². The third kappa shape index (κ3) is 1.65. The Morgan fingerprint density at radius 1 is 1.15 bits per heavy atom. The minimum absolute atomic E-state index is 0.527. The lowest BCUT2D eigenvalue weighted by Crippen LogP contribution is -2.45. The zero-order valence-electron chi connectivity index (χ0n) is 10.3. The Balaban J connectivity index is 2.92. The maximum absolute atomic E-state index is 2.49. The van der Waals surface area contributed by atoms with Crippen molar-refractivity contribution >= 4 is 0 Å². The van der Waals surface area contributed by atoms with E-state index >= 15 is 0 Å². The van der Waals surface area contributed by atoms with Gasteiger partial charge in [0.05, 0.1) is 0 Å². The van der Waals surface area contributed by atoms with Crippen molar-refractivity contribution in [3.63, 3.8) is 0 Å². The summed E-state index contributed by atoms with van der Waals surface area (Å²) >= 11 is 0. The SMILES string of the molecule is CCC1(C)C(C)CC(C)CC1(C)C. The van der Waals surface area contributed by atoms with Crippen LogP contribution < -0.4 is 0 Å². The minimum atomic E-state index is 0.527. The predicted molar refractivity (Wildman–Crippen MR) is 59.7 cm³/mol. The van der Waals surface area contributed by atoms with Crippen LogP contribution in [0.3, 0.4) is 0 Å². The molecule has 0 saturated heterocycles. The maximum Gasteiger partial charge on any atom is -0.0251 e. The highest BCUT2D eigenvalue weighted by molar-refractivity contribution is 4.97. The molecule has 13 heavy (non-hydrogen) atoms. The molecular formula is C13H26. The molecule has 0 amide bonds. The first-order valence-electron chi connectivity index (χ1n) is 5.83.